The Morgan fingerprint density at radius 3 is 2.44 bits per heavy atom. The molecule has 8 heteroatoms. The number of carbonyl (C=O) groups is 2. The third-order valence-corrected chi connectivity index (χ3v) is 6.14. The van der Waals surface area contributed by atoms with E-state index in [0.717, 1.165) is 27.9 Å². The number of nitrogens with one attached hydrogen (secondary N) is 2. The molecule has 176 valence electrons. The molecule has 0 aliphatic carbocycles. The molecule has 1 aliphatic heterocycles. The van der Waals surface area contributed by atoms with Gasteiger partial charge in [0.05, 0.1) is 29.9 Å². The minimum atomic E-state index is -0.280. The van der Waals surface area contributed by atoms with Crippen LogP contribution in [0.15, 0.2) is 91.1 Å². The highest BCUT2D eigenvalue weighted by atomic mass is 16.5. The maximum Gasteiger partial charge on any atom is 0.256 e. The number of H-pyrrole nitrogens is 1. The Kier molecular flexibility index (Phi) is 5.38. The largest absolute Gasteiger partial charge is 0.457 e. The number of aromatic amines is 1. The van der Waals surface area contributed by atoms with Gasteiger partial charge in [-0.1, -0.05) is 36.4 Å². The molecule has 2 amide bonds. The number of hydrogen-bond donors (Lipinski definition) is 2. The Morgan fingerprint density at radius 1 is 0.861 bits per heavy atom. The molecular formula is C28H21N5O3. The predicted molar refractivity (Wildman–Crippen MR) is 135 cm³/mol. The lowest BCUT2D eigenvalue weighted by atomic mass is 10.1. The number of anilines is 1. The van der Waals surface area contributed by atoms with Crippen LogP contribution in [0.5, 0.6) is 11.5 Å². The average molecular weight is 476 g/mol. The number of amides is 2. The van der Waals surface area contributed by atoms with E-state index in [0.29, 0.717) is 35.8 Å². The Morgan fingerprint density at radius 2 is 1.61 bits per heavy atom. The van der Waals surface area contributed by atoms with Crippen molar-refractivity contribution in [3.63, 3.8) is 0 Å². The third-order valence-electron chi connectivity index (χ3n) is 6.14. The van der Waals surface area contributed by atoms with Gasteiger partial charge in [0, 0.05) is 22.7 Å². The predicted octanol–water partition coefficient (Wildman–Crippen LogP) is 5.16. The van der Waals surface area contributed by atoms with Crippen molar-refractivity contribution in [1.29, 1.82) is 0 Å². The first-order valence-electron chi connectivity index (χ1n) is 11.5. The number of nitrogens with zero attached hydrogens (tertiary/aromatic N) is 3. The zero-order valence-corrected chi connectivity index (χ0v) is 19.1. The second-order valence-corrected chi connectivity index (χ2v) is 8.45. The Bertz CT molecular complexity index is 1570. The van der Waals surface area contributed by atoms with Crippen molar-refractivity contribution in [3.05, 3.63) is 114 Å². The zero-order chi connectivity index (χ0) is 24.5. The van der Waals surface area contributed by atoms with Crippen molar-refractivity contribution < 1.29 is 14.3 Å². The summed E-state index contributed by atoms with van der Waals surface area (Å²) in [6, 6.07) is 25.7. The van der Waals surface area contributed by atoms with Crippen LogP contribution in [0, 0.1) is 0 Å². The first kappa shape index (κ1) is 21.5. The molecule has 5 aromatic rings. The van der Waals surface area contributed by atoms with E-state index >= 15 is 0 Å². The number of rotatable bonds is 5. The van der Waals surface area contributed by atoms with Crippen LogP contribution in [0.2, 0.25) is 0 Å². The van der Waals surface area contributed by atoms with Gasteiger partial charge in [0.15, 0.2) is 0 Å². The fourth-order valence-electron chi connectivity index (χ4n) is 4.32. The Hall–Kier alpha value is -4.98. The van der Waals surface area contributed by atoms with E-state index in [1.807, 2.05) is 54.6 Å². The van der Waals surface area contributed by atoms with E-state index in [9.17, 15) is 9.59 Å². The fourth-order valence-corrected chi connectivity index (χ4v) is 4.32. The number of carbonyl (C=O) groups excluding carboxylic acids is 2. The number of pyridine rings is 1. The molecule has 0 saturated heterocycles. The van der Waals surface area contributed by atoms with E-state index in [4.69, 9.17) is 4.74 Å². The van der Waals surface area contributed by atoms with Gasteiger partial charge in [-0.3, -0.25) is 19.7 Å². The summed E-state index contributed by atoms with van der Waals surface area (Å²) in [4.78, 5) is 32.2. The van der Waals surface area contributed by atoms with Crippen LogP contribution in [0.25, 0.3) is 10.9 Å². The van der Waals surface area contributed by atoms with Crippen molar-refractivity contribution in [2.75, 3.05) is 5.32 Å². The molecule has 2 aromatic heterocycles. The molecule has 1 aliphatic rings. The van der Waals surface area contributed by atoms with Gasteiger partial charge < -0.3 is 15.0 Å². The normalized spacial score (nSPS) is 12.4. The molecule has 0 saturated carbocycles. The molecule has 8 nitrogen and oxygen atoms in total. The second kappa shape index (κ2) is 8.99. The van der Waals surface area contributed by atoms with E-state index < -0.39 is 0 Å². The summed E-state index contributed by atoms with van der Waals surface area (Å²) in [5.74, 6) is 1.48. The number of ether oxygens (including phenoxy) is 1. The van der Waals surface area contributed by atoms with Gasteiger partial charge >= 0.3 is 0 Å². The van der Waals surface area contributed by atoms with E-state index in [1.54, 1.807) is 41.4 Å². The lowest BCUT2D eigenvalue weighted by Gasteiger charge is -2.17. The van der Waals surface area contributed by atoms with E-state index in [-0.39, 0.29) is 11.8 Å². The average Bonchev–Trinajstić information content (AvgIpc) is 3.51. The Labute approximate surface area is 206 Å². The van der Waals surface area contributed by atoms with Gasteiger partial charge in [0.2, 0.25) is 0 Å². The summed E-state index contributed by atoms with van der Waals surface area (Å²) in [7, 11) is 0. The van der Waals surface area contributed by atoms with Crippen LogP contribution in [0.3, 0.4) is 0 Å². The Balaban J connectivity index is 1.15. The molecule has 0 fully saturated rings. The number of hydrogen-bond acceptors (Lipinski definition) is 5. The molecule has 36 heavy (non-hydrogen) atoms. The van der Waals surface area contributed by atoms with Crippen LogP contribution in [0.1, 0.15) is 32.0 Å². The summed E-state index contributed by atoms with van der Waals surface area (Å²) < 4.78 is 5.79. The lowest BCUT2D eigenvalue weighted by molar-refractivity contribution is 0.0751. The topological polar surface area (TPSA) is 100 Å². The molecule has 2 N–H and O–H groups in total. The highest BCUT2D eigenvalue weighted by Crippen LogP contribution is 2.30. The molecule has 0 bridgehead atoms. The second-order valence-electron chi connectivity index (χ2n) is 8.45. The summed E-state index contributed by atoms with van der Waals surface area (Å²) in [6.45, 7) is 0.712. The maximum absolute atomic E-state index is 13.3. The minimum absolute atomic E-state index is 0.0992. The molecular weight excluding hydrogens is 454 g/mol. The molecule has 0 spiro atoms. The number of aromatic nitrogens is 3. The van der Waals surface area contributed by atoms with Crippen LogP contribution in [0.4, 0.5) is 5.82 Å². The van der Waals surface area contributed by atoms with Crippen molar-refractivity contribution in [1.82, 2.24) is 20.1 Å². The van der Waals surface area contributed by atoms with Crippen LogP contribution >= 0.6 is 0 Å². The van der Waals surface area contributed by atoms with Gasteiger partial charge in [-0.25, -0.2) is 0 Å². The van der Waals surface area contributed by atoms with Gasteiger partial charge in [-0.2, -0.15) is 5.10 Å². The molecule has 6 rings (SSSR count). The standard InChI is InChI=1S/C28H21N5O3/c34-27(18-10-12-20(13-11-18)36-19-6-2-1-3-7-19)30-26-23-16-33(17-25(23)31-32-26)28(35)22-14-15-29-24-9-5-4-8-21(22)24/h1-15H,16-17H2,(H2,30,31,32,34). The van der Waals surface area contributed by atoms with Crippen LogP contribution in [-0.4, -0.2) is 31.9 Å². The van der Waals surface area contributed by atoms with Gasteiger partial charge in [0.1, 0.15) is 17.3 Å². The van der Waals surface area contributed by atoms with Gasteiger partial charge in [0.25, 0.3) is 11.8 Å². The monoisotopic (exact) mass is 475 g/mol. The number of para-hydroxylation sites is 2. The summed E-state index contributed by atoms with van der Waals surface area (Å²) in [5.41, 5.74) is 3.39. The fraction of sp³-hybridized carbons (Fsp3) is 0.0714. The molecule has 3 aromatic carbocycles. The number of fused-ring (bicyclic) bond motifs is 2. The summed E-state index contributed by atoms with van der Waals surface area (Å²) in [5, 5.41) is 10.9. The summed E-state index contributed by atoms with van der Waals surface area (Å²) >= 11 is 0. The van der Waals surface area contributed by atoms with Crippen LogP contribution in [-0.2, 0) is 13.1 Å². The van der Waals surface area contributed by atoms with Gasteiger partial charge in [-0.05, 0) is 48.5 Å². The SMILES string of the molecule is O=C(Nc1[nH]nc2c1CN(C(=O)c1ccnc3ccccc13)C2)c1ccc(Oc2ccccc2)cc1. The van der Waals surface area contributed by atoms with Crippen molar-refractivity contribution in [2.45, 2.75) is 13.1 Å². The first-order chi connectivity index (χ1) is 17.7. The minimum Gasteiger partial charge on any atom is -0.457 e. The number of benzene rings is 3. The van der Waals surface area contributed by atoms with Crippen molar-refractivity contribution >= 4 is 28.5 Å². The molecule has 3 heterocycles. The first-order valence-corrected chi connectivity index (χ1v) is 11.5. The quantitative estimate of drug-likeness (QED) is 0.366. The molecule has 0 atom stereocenters. The summed E-state index contributed by atoms with van der Waals surface area (Å²) in [6.07, 6.45) is 1.65. The van der Waals surface area contributed by atoms with Crippen molar-refractivity contribution in [3.8, 4) is 11.5 Å². The third kappa shape index (κ3) is 4.05. The highest BCUT2D eigenvalue weighted by molar-refractivity contribution is 6.06. The van der Waals surface area contributed by atoms with Crippen molar-refractivity contribution in [2.24, 2.45) is 0 Å². The highest BCUT2D eigenvalue weighted by Gasteiger charge is 2.30. The van der Waals surface area contributed by atoms with Crippen LogP contribution < -0.4 is 10.1 Å². The smallest absolute Gasteiger partial charge is 0.256 e. The lowest BCUT2D eigenvalue weighted by Crippen LogP contribution is -2.26. The van der Waals surface area contributed by atoms with Gasteiger partial charge in [-0.15, -0.1) is 0 Å². The molecule has 0 radical (unpaired) electrons. The molecule has 0 unspecified atom stereocenters. The zero-order valence-electron chi connectivity index (χ0n) is 19.1. The maximum atomic E-state index is 13.3. The van der Waals surface area contributed by atoms with E-state index in [1.165, 1.54) is 0 Å². The van der Waals surface area contributed by atoms with E-state index in [2.05, 4.69) is 20.5 Å².